The van der Waals surface area contributed by atoms with Gasteiger partial charge in [0.25, 0.3) is 0 Å². The van der Waals surface area contributed by atoms with Crippen LogP contribution < -0.4 is 0 Å². The van der Waals surface area contributed by atoms with E-state index >= 15 is 0 Å². The van der Waals surface area contributed by atoms with Crippen molar-refractivity contribution in [3.05, 3.63) is 0 Å². The van der Waals surface area contributed by atoms with Gasteiger partial charge in [0, 0.05) is 6.42 Å². The maximum absolute atomic E-state index is 10.7. The van der Waals surface area contributed by atoms with Crippen LogP contribution in [0.15, 0.2) is 0 Å². The van der Waals surface area contributed by atoms with Crippen LogP contribution in [-0.4, -0.2) is 10.7 Å². The van der Waals surface area contributed by atoms with E-state index in [4.69, 9.17) is 6.42 Å². The van der Waals surface area contributed by atoms with E-state index in [1.165, 1.54) is 38.5 Å². The summed E-state index contributed by atoms with van der Waals surface area (Å²) in [6.07, 6.45) is 15.3. The highest BCUT2D eigenvalue weighted by Gasteiger charge is 2.53. The van der Waals surface area contributed by atoms with Crippen LogP contribution in [0.25, 0.3) is 0 Å². The Morgan fingerprint density at radius 2 is 1.71 bits per heavy atom. The number of rotatable bonds is 2. The molecule has 2 aliphatic carbocycles. The predicted octanol–water partition coefficient (Wildman–Crippen LogP) is 2.88. The summed E-state index contributed by atoms with van der Waals surface area (Å²) in [6, 6.07) is 0. The fourth-order valence-electron chi connectivity index (χ4n) is 3.65. The molecular weight excluding hydrogens is 172 g/mol. The molecule has 1 spiro atoms. The minimum absolute atomic E-state index is 0.254. The van der Waals surface area contributed by atoms with Crippen molar-refractivity contribution in [3.63, 3.8) is 0 Å². The Labute approximate surface area is 86.9 Å². The normalized spacial score (nSPS) is 34.9. The van der Waals surface area contributed by atoms with Gasteiger partial charge in [0.15, 0.2) is 0 Å². The lowest BCUT2D eigenvalue weighted by Gasteiger charge is -2.39. The molecule has 0 saturated heterocycles. The maximum atomic E-state index is 10.7. The second-order valence-corrected chi connectivity index (χ2v) is 5.08. The lowest BCUT2D eigenvalue weighted by Crippen LogP contribution is -2.42. The summed E-state index contributed by atoms with van der Waals surface area (Å²) in [5, 5.41) is 10.7. The molecule has 2 aliphatic rings. The first kappa shape index (κ1) is 10.1. The van der Waals surface area contributed by atoms with Crippen molar-refractivity contribution in [2.24, 2.45) is 5.41 Å². The van der Waals surface area contributed by atoms with Gasteiger partial charge < -0.3 is 5.11 Å². The topological polar surface area (TPSA) is 20.2 Å². The molecule has 1 atom stereocenters. The van der Waals surface area contributed by atoms with Gasteiger partial charge in [-0.15, -0.1) is 12.3 Å². The van der Waals surface area contributed by atoms with Gasteiger partial charge in [0.2, 0.25) is 0 Å². The van der Waals surface area contributed by atoms with Gasteiger partial charge in [-0.05, 0) is 43.9 Å². The molecule has 1 heteroatoms. The SMILES string of the molecule is C#CCCC1(O)CCCC12CCCC2. The zero-order chi connectivity index (χ0) is 10.1. The Morgan fingerprint density at radius 3 is 2.36 bits per heavy atom. The number of aliphatic hydroxyl groups is 1. The Hall–Kier alpha value is -0.480. The molecule has 0 heterocycles. The Morgan fingerprint density at radius 1 is 1.07 bits per heavy atom. The second-order valence-electron chi connectivity index (χ2n) is 5.08. The third-order valence-electron chi connectivity index (χ3n) is 4.48. The number of hydrogen-bond acceptors (Lipinski definition) is 1. The molecule has 78 valence electrons. The van der Waals surface area contributed by atoms with Crippen LogP contribution in [0, 0.1) is 17.8 Å². The molecule has 0 amide bonds. The standard InChI is InChI=1S/C13H20O/c1-2-3-10-13(14)11-6-9-12(13)7-4-5-8-12/h1,14H,3-11H2. The molecular formula is C13H20O. The third kappa shape index (κ3) is 1.37. The monoisotopic (exact) mass is 192 g/mol. The first-order valence-electron chi connectivity index (χ1n) is 5.88. The molecule has 0 aliphatic heterocycles. The minimum atomic E-state index is -0.421. The summed E-state index contributed by atoms with van der Waals surface area (Å²) < 4.78 is 0. The van der Waals surface area contributed by atoms with Gasteiger partial charge >= 0.3 is 0 Å². The van der Waals surface area contributed by atoms with Crippen molar-refractivity contribution in [1.82, 2.24) is 0 Å². The van der Waals surface area contributed by atoms with Crippen LogP contribution in [0.5, 0.6) is 0 Å². The maximum Gasteiger partial charge on any atom is 0.0712 e. The molecule has 1 N–H and O–H groups in total. The van der Waals surface area contributed by atoms with Gasteiger partial charge in [0.05, 0.1) is 5.60 Å². The van der Waals surface area contributed by atoms with E-state index in [9.17, 15) is 5.11 Å². The number of terminal acetylenes is 1. The smallest absolute Gasteiger partial charge is 0.0712 e. The van der Waals surface area contributed by atoms with E-state index in [0.29, 0.717) is 0 Å². The first-order chi connectivity index (χ1) is 6.72. The molecule has 2 saturated carbocycles. The molecule has 0 aromatic rings. The summed E-state index contributed by atoms with van der Waals surface area (Å²) in [6.45, 7) is 0. The lowest BCUT2D eigenvalue weighted by molar-refractivity contribution is -0.0639. The quantitative estimate of drug-likeness (QED) is 0.667. The summed E-state index contributed by atoms with van der Waals surface area (Å²) in [5.41, 5.74) is -0.167. The van der Waals surface area contributed by atoms with Crippen LogP contribution >= 0.6 is 0 Å². The highest BCUT2D eigenvalue weighted by molar-refractivity contribution is 5.07. The highest BCUT2D eigenvalue weighted by Crippen LogP contribution is 2.57. The van der Waals surface area contributed by atoms with Gasteiger partial charge in [-0.25, -0.2) is 0 Å². The van der Waals surface area contributed by atoms with E-state index in [0.717, 1.165) is 19.3 Å². The van der Waals surface area contributed by atoms with Crippen LogP contribution in [0.4, 0.5) is 0 Å². The van der Waals surface area contributed by atoms with E-state index in [2.05, 4.69) is 5.92 Å². The van der Waals surface area contributed by atoms with Crippen molar-refractivity contribution in [1.29, 1.82) is 0 Å². The number of hydrogen-bond donors (Lipinski definition) is 1. The Balaban J connectivity index is 2.12. The lowest BCUT2D eigenvalue weighted by atomic mass is 9.71. The van der Waals surface area contributed by atoms with Crippen molar-refractivity contribution in [3.8, 4) is 12.3 Å². The van der Waals surface area contributed by atoms with Gasteiger partial charge in [-0.2, -0.15) is 0 Å². The summed E-state index contributed by atoms with van der Waals surface area (Å²) >= 11 is 0. The molecule has 1 unspecified atom stereocenters. The van der Waals surface area contributed by atoms with E-state index in [-0.39, 0.29) is 5.41 Å². The van der Waals surface area contributed by atoms with Crippen LogP contribution in [0.3, 0.4) is 0 Å². The molecule has 0 radical (unpaired) electrons. The third-order valence-corrected chi connectivity index (χ3v) is 4.48. The largest absolute Gasteiger partial charge is 0.389 e. The molecule has 14 heavy (non-hydrogen) atoms. The minimum Gasteiger partial charge on any atom is -0.389 e. The van der Waals surface area contributed by atoms with Crippen molar-refractivity contribution >= 4 is 0 Å². The zero-order valence-corrected chi connectivity index (χ0v) is 8.89. The fraction of sp³-hybridized carbons (Fsp3) is 0.846. The Kier molecular flexibility index (Phi) is 2.58. The van der Waals surface area contributed by atoms with Crippen molar-refractivity contribution < 1.29 is 5.11 Å². The van der Waals surface area contributed by atoms with Crippen molar-refractivity contribution in [2.75, 3.05) is 0 Å². The summed E-state index contributed by atoms with van der Waals surface area (Å²) in [5.74, 6) is 2.67. The van der Waals surface area contributed by atoms with Gasteiger partial charge in [0.1, 0.15) is 0 Å². The first-order valence-corrected chi connectivity index (χ1v) is 5.88. The second kappa shape index (κ2) is 3.59. The summed E-state index contributed by atoms with van der Waals surface area (Å²) in [7, 11) is 0. The van der Waals surface area contributed by atoms with Crippen molar-refractivity contribution in [2.45, 2.75) is 63.4 Å². The molecule has 1 nitrogen and oxygen atoms in total. The fourth-order valence-corrected chi connectivity index (χ4v) is 3.65. The molecule has 2 rings (SSSR count). The average molecular weight is 192 g/mol. The molecule has 0 aromatic carbocycles. The zero-order valence-electron chi connectivity index (χ0n) is 8.89. The highest BCUT2D eigenvalue weighted by atomic mass is 16.3. The van der Waals surface area contributed by atoms with E-state index in [1.807, 2.05) is 0 Å². The van der Waals surface area contributed by atoms with E-state index in [1.54, 1.807) is 0 Å². The predicted molar refractivity (Wildman–Crippen MR) is 57.8 cm³/mol. The molecule has 0 aromatic heterocycles. The molecule has 2 fully saturated rings. The Bertz CT molecular complexity index is 239. The van der Waals surface area contributed by atoms with Crippen LogP contribution in [0.1, 0.15) is 57.8 Å². The van der Waals surface area contributed by atoms with E-state index < -0.39 is 5.60 Å². The van der Waals surface area contributed by atoms with Gasteiger partial charge in [-0.1, -0.05) is 12.8 Å². The summed E-state index contributed by atoms with van der Waals surface area (Å²) in [4.78, 5) is 0. The van der Waals surface area contributed by atoms with Gasteiger partial charge in [-0.3, -0.25) is 0 Å². The van der Waals surface area contributed by atoms with Crippen LogP contribution in [-0.2, 0) is 0 Å². The molecule has 0 bridgehead atoms. The average Bonchev–Trinajstić information content (AvgIpc) is 2.75. The van der Waals surface area contributed by atoms with Crippen LogP contribution in [0.2, 0.25) is 0 Å².